The van der Waals surface area contributed by atoms with Crippen LogP contribution in [0.5, 0.6) is 0 Å². The number of hydrogen-bond donors (Lipinski definition) is 2. The summed E-state index contributed by atoms with van der Waals surface area (Å²) < 4.78 is 0. The van der Waals surface area contributed by atoms with E-state index < -0.39 is 13.6 Å². The molecule has 0 spiro atoms. The van der Waals surface area contributed by atoms with E-state index in [4.69, 9.17) is 10.2 Å². The molecule has 0 saturated heterocycles. The molecule has 0 radical (unpaired) electrons. The molecular formula is C3H9NO4. The lowest BCUT2D eigenvalue weighted by molar-refractivity contribution is -0.390. The molecule has 0 fully saturated rings. The van der Waals surface area contributed by atoms with E-state index in [0.717, 1.165) is 5.23 Å². The first-order valence-electron chi connectivity index (χ1n) is 2.02. The fourth-order valence-electron chi connectivity index (χ4n) is 0.200. The van der Waals surface area contributed by atoms with Gasteiger partial charge in [0.2, 0.25) is 0 Å². The number of hydrogen-bond acceptors (Lipinski definition) is 5. The lowest BCUT2D eigenvalue weighted by Crippen LogP contribution is -2.20. The van der Waals surface area contributed by atoms with Crippen LogP contribution in [0.2, 0.25) is 0 Å². The molecule has 0 heterocycles. The van der Waals surface area contributed by atoms with Crippen LogP contribution < -0.4 is 0 Å². The zero-order chi connectivity index (χ0) is 6.41. The molecule has 0 aliphatic heterocycles. The summed E-state index contributed by atoms with van der Waals surface area (Å²) in [5.74, 6) is 0. The highest BCUT2D eigenvalue weighted by Crippen LogP contribution is 1.81. The van der Waals surface area contributed by atoms with Gasteiger partial charge in [-0.3, -0.25) is 0 Å². The third-order valence-corrected chi connectivity index (χ3v) is 0.479. The van der Waals surface area contributed by atoms with Crippen LogP contribution in [0.25, 0.3) is 0 Å². The number of nitrogens with zero attached hydrogens (tertiary/aromatic N) is 1. The molecule has 0 aromatic heterocycles. The van der Waals surface area contributed by atoms with Crippen molar-refractivity contribution in [3.05, 3.63) is 0 Å². The fraction of sp³-hybridized carbons (Fsp3) is 1.00. The van der Waals surface area contributed by atoms with Crippen molar-refractivity contribution in [2.24, 2.45) is 0 Å². The summed E-state index contributed by atoms with van der Waals surface area (Å²) in [6, 6.07) is 0. The lowest BCUT2D eigenvalue weighted by Gasteiger charge is -2.10. The van der Waals surface area contributed by atoms with Crippen molar-refractivity contribution in [2.45, 2.75) is 0 Å². The molecule has 0 saturated carbocycles. The van der Waals surface area contributed by atoms with Crippen LogP contribution in [-0.2, 0) is 9.68 Å². The maximum atomic E-state index is 8.04. The predicted molar refractivity (Wildman–Crippen MR) is 24.1 cm³/mol. The molecule has 0 aliphatic carbocycles. The summed E-state index contributed by atoms with van der Waals surface area (Å²) in [7, 11) is 1.41. The second-order valence-corrected chi connectivity index (χ2v) is 0.956. The number of aliphatic hydroxyl groups is 2. The molecule has 0 amide bonds. The molecule has 5 heteroatoms. The van der Waals surface area contributed by atoms with Crippen LogP contribution in [0.1, 0.15) is 0 Å². The molecule has 50 valence electrons. The Morgan fingerprint density at radius 3 is 1.88 bits per heavy atom. The summed E-state index contributed by atoms with van der Waals surface area (Å²) >= 11 is 0. The standard InChI is InChI=1S/C3H9NO4/c1-4(7-2-5)8-3-6/h5-6H,2-3H2,1H3. The average Bonchev–Trinajstić information content (AvgIpc) is 1.68. The highest BCUT2D eigenvalue weighted by molar-refractivity contribution is 3.92. The van der Waals surface area contributed by atoms with Crippen LogP contribution in [0.3, 0.4) is 0 Å². The predicted octanol–water partition coefficient (Wildman–Crippen LogP) is -1.32. The molecule has 5 nitrogen and oxygen atoms in total. The van der Waals surface area contributed by atoms with Crippen molar-refractivity contribution >= 4 is 0 Å². The van der Waals surface area contributed by atoms with Gasteiger partial charge in [0.1, 0.15) is 0 Å². The Hall–Kier alpha value is -0.200. The van der Waals surface area contributed by atoms with Gasteiger partial charge in [-0.1, -0.05) is 5.23 Å². The van der Waals surface area contributed by atoms with E-state index in [1.54, 1.807) is 0 Å². The van der Waals surface area contributed by atoms with Crippen molar-refractivity contribution in [1.82, 2.24) is 5.23 Å². The van der Waals surface area contributed by atoms with E-state index in [9.17, 15) is 0 Å². The van der Waals surface area contributed by atoms with E-state index in [2.05, 4.69) is 9.68 Å². The average molecular weight is 123 g/mol. The quantitative estimate of drug-likeness (QED) is 0.358. The Morgan fingerprint density at radius 1 is 1.25 bits per heavy atom. The van der Waals surface area contributed by atoms with E-state index >= 15 is 0 Å². The van der Waals surface area contributed by atoms with Gasteiger partial charge in [-0.25, -0.2) is 9.68 Å². The maximum absolute atomic E-state index is 8.04. The van der Waals surface area contributed by atoms with Gasteiger partial charge in [0.05, 0.1) is 0 Å². The molecule has 0 bridgehead atoms. The summed E-state index contributed by atoms with van der Waals surface area (Å²) in [5, 5.41) is 16.9. The summed E-state index contributed by atoms with van der Waals surface area (Å²) in [6.07, 6.45) is 0. The van der Waals surface area contributed by atoms with Gasteiger partial charge in [0.15, 0.2) is 13.6 Å². The van der Waals surface area contributed by atoms with Crippen molar-refractivity contribution in [1.29, 1.82) is 0 Å². The van der Waals surface area contributed by atoms with Crippen LogP contribution in [-0.4, -0.2) is 36.1 Å². The zero-order valence-electron chi connectivity index (χ0n) is 4.57. The monoisotopic (exact) mass is 123 g/mol. The third kappa shape index (κ3) is 3.97. The highest BCUT2D eigenvalue weighted by atomic mass is 17.0. The Balaban J connectivity index is 2.92. The second-order valence-electron chi connectivity index (χ2n) is 0.956. The minimum absolute atomic E-state index is 0.462. The van der Waals surface area contributed by atoms with Crippen LogP contribution in [0, 0.1) is 0 Å². The maximum Gasteiger partial charge on any atom is 0.166 e. The topological polar surface area (TPSA) is 62.2 Å². The van der Waals surface area contributed by atoms with Gasteiger partial charge in [0.25, 0.3) is 0 Å². The number of aliphatic hydroxyl groups excluding tert-OH is 2. The molecule has 2 N–H and O–H groups in total. The Labute approximate surface area is 47.0 Å². The first-order chi connectivity index (χ1) is 3.81. The molecular weight excluding hydrogens is 114 g/mol. The van der Waals surface area contributed by atoms with Crippen molar-refractivity contribution < 1.29 is 19.9 Å². The lowest BCUT2D eigenvalue weighted by atomic mass is 11.4. The molecule has 0 aromatic carbocycles. The minimum atomic E-state index is -0.462. The van der Waals surface area contributed by atoms with Gasteiger partial charge in [0, 0.05) is 7.05 Å². The highest BCUT2D eigenvalue weighted by Gasteiger charge is 1.91. The van der Waals surface area contributed by atoms with E-state index in [-0.39, 0.29) is 0 Å². The van der Waals surface area contributed by atoms with Gasteiger partial charge < -0.3 is 10.2 Å². The Bertz CT molecular complexity index is 44.5. The van der Waals surface area contributed by atoms with Gasteiger partial charge in [-0.05, 0) is 0 Å². The summed E-state index contributed by atoms with van der Waals surface area (Å²) in [4.78, 5) is 8.58. The van der Waals surface area contributed by atoms with Crippen molar-refractivity contribution in [3.8, 4) is 0 Å². The van der Waals surface area contributed by atoms with Crippen molar-refractivity contribution in [2.75, 3.05) is 20.6 Å². The molecule has 0 aromatic rings. The Morgan fingerprint density at radius 2 is 1.62 bits per heavy atom. The SMILES string of the molecule is CN(OCO)OCO. The fourth-order valence-corrected chi connectivity index (χ4v) is 0.200. The van der Waals surface area contributed by atoms with Crippen LogP contribution in [0.15, 0.2) is 0 Å². The summed E-state index contributed by atoms with van der Waals surface area (Å²) in [6.45, 7) is -0.924. The second kappa shape index (κ2) is 4.95. The van der Waals surface area contributed by atoms with E-state index in [0.29, 0.717) is 0 Å². The summed E-state index contributed by atoms with van der Waals surface area (Å²) in [5.41, 5.74) is 0. The Kier molecular flexibility index (Phi) is 4.82. The normalized spacial score (nSPS) is 10.5. The molecule has 0 atom stereocenters. The van der Waals surface area contributed by atoms with E-state index in [1.165, 1.54) is 7.05 Å². The molecule has 0 rings (SSSR count). The van der Waals surface area contributed by atoms with Crippen LogP contribution in [0.4, 0.5) is 0 Å². The zero-order valence-corrected chi connectivity index (χ0v) is 4.57. The largest absolute Gasteiger partial charge is 0.369 e. The smallest absolute Gasteiger partial charge is 0.166 e. The first-order valence-corrected chi connectivity index (χ1v) is 2.02. The first kappa shape index (κ1) is 7.80. The molecule has 0 unspecified atom stereocenters. The van der Waals surface area contributed by atoms with Crippen LogP contribution >= 0.6 is 0 Å². The van der Waals surface area contributed by atoms with Gasteiger partial charge in [-0.2, -0.15) is 0 Å². The molecule has 0 aliphatic rings. The van der Waals surface area contributed by atoms with E-state index in [1.807, 2.05) is 0 Å². The number of hydroxylamine groups is 2. The number of rotatable bonds is 4. The van der Waals surface area contributed by atoms with Gasteiger partial charge >= 0.3 is 0 Å². The van der Waals surface area contributed by atoms with Gasteiger partial charge in [-0.15, -0.1) is 0 Å². The van der Waals surface area contributed by atoms with Crippen molar-refractivity contribution in [3.63, 3.8) is 0 Å². The molecule has 8 heavy (non-hydrogen) atoms. The third-order valence-electron chi connectivity index (χ3n) is 0.479. The minimum Gasteiger partial charge on any atom is -0.369 e.